The lowest BCUT2D eigenvalue weighted by atomic mass is 9.99. The summed E-state index contributed by atoms with van der Waals surface area (Å²) >= 11 is 0. The van der Waals surface area contributed by atoms with Crippen molar-refractivity contribution in [3.63, 3.8) is 0 Å². The van der Waals surface area contributed by atoms with E-state index in [-0.39, 0.29) is 35.9 Å². The number of aromatic nitrogens is 2. The number of amides is 2. The molecule has 1 aromatic heterocycles. The molecule has 0 aliphatic carbocycles. The summed E-state index contributed by atoms with van der Waals surface area (Å²) in [6.45, 7) is -1.34. The number of fused-ring (bicyclic) bond motifs is 1. The Balaban J connectivity index is 1.48. The number of carbonyl (C=O) groups excluding carboxylic acids is 2. The van der Waals surface area contributed by atoms with E-state index in [9.17, 15) is 35.6 Å². The van der Waals surface area contributed by atoms with Gasteiger partial charge < -0.3 is 20.1 Å². The first kappa shape index (κ1) is 28.9. The average Bonchev–Trinajstić information content (AvgIpc) is 3.20. The molecular formula is C25H24F4N4O6S. The van der Waals surface area contributed by atoms with Crippen LogP contribution >= 0.6 is 0 Å². The lowest BCUT2D eigenvalue weighted by Crippen LogP contribution is -2.42. The van der Waals surface area contributed by atoms with Crippen LogP contribution in [0.3, 0.4) is 0 Å². The number of nitrogens with zero attached hydrogens (tertiary/aromatic N) is 2. The van der Waals surface area contributed by atoms with E-state index in [1.54, 1.807) is 6.07 Å². The first-order valence-electron chi connectivity index (χ1n) is 11.9. The average molecular weight is 585 g/mol. The highest BCUT2D eigenvalue weighted by Crippen LogP contribution is 2.29. The van der Waals surface area contributed by atoms with Crippen LogP contribution in [0.2, 0.25) is 0 Å². The minimum atomic E-state index is -4.48. The predicted molar refractivity (Wildman–Crippen MR) is 135 cm³/mol. The zero-order chi connectivity index (χ0) is 29.1. The van der Waals surface area contributed by atoms with Crippen LogP contribution in [-0.2, 0) is 21.1 Å². The molecule has 0 fully saturated rings. The molecule has 2 heterocycles. The van der Waals surface area contributed by atoms with Crippen LogP contribution < -0.4 is 20.1 Å². The predicted octanol–water partition coefficient (Wildman–Crippen LogP) is 3.06. The smallest absolute Gasteiger partial charge is 0.422 e. The van der Waals surface area contributed by atoms with Gasteiger partial charge in [-0.25, -0.2) is 17.5 Å². The van der Waals surface area contributed by atoms with Gasteiger partial charge >= 0.3 is 6.18 Å². The highest BCUT2D eigenvalue weighted by atomic mass is 32.2. The van der Waals surface area contributed by atoms with Gasteiger partial charge in [-0.3, -0.25) is 9.59 Å². The van der Waals surface area contributed by atoms with E-state index in [0.717, 1.165) is 6.26 Å². The topological polar surface area (TPSA) is 129 Å². The van der Waals surface area contributed by atoms with Gasteiger partial charge in [-0.05, 0) is 36.4 Å². The lowest BCUT2D eigenvalue weighted by Gasteiger charge is -2.23. The molecule has 2 N–H and O–H groups in total. The van der Waals surface area contributed by atoms with E-state index in [1.807, 2.05) is 0 Å². The van der Waals surface area contributed by atoms with Crippen LogP contribution in [-0.4, -0.2) is 67.5 Å². The number of ether oxygens (including phenoxy) is 2. The van der Waals surface area contributed by atoms with E-state index >= 15 is 0 Å². The molecule has 2 aromatic carbocycles. The number of benzene rings is 2. The Bertz CT molecular complexity index is 1510. The molecular weight excluding hydrogens is 560 g/mol. The van der Waals surface area contributed by atoms with Gasteiger partial charge in [-0.15, -0.1) is 0 Å². The van der Waals surface area contributed by atoms with Crippen LogP contribution in [0.25, 0.3) is 5.69 Å². The summed E-state index contributed by atoms with van der Waals surface area (Å²) in [5.41, 5.74) is 0.680. The van der Waals surface area contributed by atoms with Crippen molar-refractivity contribution in [1.29, 1.82) is 0 Å². The monoisotopic (exact) mass is 584 g/mol. The summed E-state index contributed by atoms with van der Waals surface area (Å²) in [4.78, 5) is 25.5. The fourth-order valence-electron chi connectivity index (χ4n) is 3.99. The maximum absolute atomic E-state index is 13.5. The van der Waals surface area contributed by atoms with E-state index in [0.29, 0.717) is 17.8 Å². The summed E-state index contributed by atoms with van der Waals surface area (Å²) in [7, 11) is -3.66. The number of halogens is 4. The second-order valence-corrected chi connectivity index (χ2v) is 11.2. The molecule has 3 aromatic rings. The van der Waals surface area contributed by atoms with Crippen molar-refractivity contribution in [3.05, 3.63) is 65.6 Å². The van der Waals surface area contributed by atoms with Crippen molar-refractivity contribution in [2.75, 3.05) is 30.5 Å². The molecule has 15 heteroatoms. The maximum atomic E-state index is 13.5. The molecule has 1 aliphatic heterocycles. The molecule has 1 aliphatic rings. The molecule has 2 amide bonds. The quantitative estimate of drug-likeness (QED) is 0.351. The summed E-state index contributed by atoms with van der Waals surface area (Å²) in [6.07, 6.45) is -3.06. The molecule has 0 unspecified atom stereocenters. The molecule has 1 atom stereocenters. The molecule has 0 saturated carbocycles. The van der Waals surface area contributed by atoms with Gasteiger partial charge in [0.2, 0.25) is 5.91 Å². The van der Waals surface area contributed by atoms with Crippen molar-refractivity contribution in [1.82, 2.24) is 15.1 Å². The maximum Gasteiger partial charge on any atom is 0.422 e. The van der Waals surface area contributed by atoms with Crippen LogP contribution in [0.1, 0.15) is 22.5 Å². The molecule has 0 spiro atoms. The second-order valence-electron chi connectivity index (χ2n) is 9.07. The summed E-state index contributed by atoms with van der Waals surface area (Å²) in [5.74, 6) is -2.58. The van der Waals surface area contributed by atoms with Crippen LogP contribution in [0, 0.1) is 5.82 Å². The minimum absolute atomic E-state index is 0.0118. The van der Waals surface area contributed by atoms with E-state index in [4.69, 9.17) is 9.47 Å². The van der Waals surface area contributed by atoms with Gasteiger partial charge in [-0.1, -0.05) is 6.07 Å². The molecule has 40 heavy (non-hydrogen) atoms. The van der Waals surface area contributed by atoms with E-state index < -0.39 is 52.0 Å². The Labute approximate surface area is 226 Å². The summed E-state index contributed by atoms with van der Waals surface area (Å²) < 4.78 is 85.4. The second kappa shape index (κ2) is 11.5. The number of carbonyl (C=O) groups is 2. The van der Waals surface area contributed by atoms with Crippen molar-refractivity contribution in [2.45, 2.75) is 25.1 Å². The Morgan fingerprint density at radius 3 is 2.48 bits per heavy atom. The fourth-order valence-corrected chi connectivity index (χ4v) is 4.54. The first-order chi connectivity index (χ1) is 18.8. The van der Waals surface area contributed by atoms with Gasteiger partial charge in [0.15, 0.2) is 16.4 Å². The number of alkyl halides is 3. The van der Waals surface area contributed by atoms with Gasteiger partial charge in [0.25, 0.3) is 5.91 Å². The van der Waals surface area contributed by atoms with Gasteiger partial charge in [0.1, 0.15) is 34.5 Å². The molecule has 10 nitrogen and oxygen atoms in total. The number of anilines is 1. The Hall–Kier alpha value is -4.14. The fraction of sp³-hybridized carbons (Fsp3) is 0.320. The van der Waals surface area contributed by atoms with Crippen molar-refractivity contribution < 1.29 is 45.0 Å². The summed E-state index contributed by atoms with van der Waals surface area (Å²) in [5, 5.41) is 9.67. The molecule has 0 saturated heterocycles. The van der Waals surface area contributed by atoms with Crippen molar-refractivity contribution in [2.24, 2.45) is 0 Å². The Morgan fingerprint density at radius 2 is 1.82 bits per heavy atom. The Kier molecular flexibility index (Phi) is 8.32. The zero-order valence-corrected chi connectivity index (χ0v) is 21.8. The molecule has 214 valence electrons. The van der Waals surface area contributed by atoms with Crippen molar-refractivity contribution in [3.8, 4) is 17.2 Å². The normalized spacial score (nSPS) is 15.2. The zero-order valence-electron chi connectivity index (χ0n) is 21.0. The highest BCUT2D eigenvalue weighted by Gasteiger charge is 2.33. The van der Waals surface area contributed by atoms with E-state index in [2.05, 4.69) is 15.7 Å². The van der Waals surface area contributed by atoms with Gasteiger partial charge in [-0.2, -0.15) is 18.3 Å². The van der Waals surface area contributed by atoms with Crippen LogP contribution in [0.15, 0.2) is 48.5 Å². The number of nitrogens with one attached hydrogen (secondary N) is 2. The van der Waals surface area contributed by atoms with Crippen LogP contribution in [0.4, 0.5) is 23.4 Å². The minimum Gasteiger partial charge on any atom is -0.493 e. The standard InChI is InChI=1S/C25H24F4N4O6S/c1-40(36,37)13-21(34)31-23-22-20(32-33(23)17-7-5-15(26)6-8-17)11-16(30-24(22)35)9-10-38-18-3-2-4-19(12-18)39-14-25(27,28)29/h2-8,12,16H,9-11,13-14H2,1H3,(H,30,35)(H,31,34)/t16-/m0/s1. The number of sulfone groups is 1. The number of hydrogen-bond donors (Lipinski definition) is 2. The third-order valence-electron chi connectivity index (χ3n) is 5.63. The summed E-state index contributed by atoms with van der Waals surface area (Å²) in [6, 6.07) is 10.4. The largest absolute Gasteiger partial charge is 0.493 e. The third kappa shape index (κ3) is 7.71. The van der Waals surface area contributed by atoms with Crippen LogP contribution in [0.5, 0.6) is 11.5 Å². The van der Waals surface area contributed by atoms with Gasteiger partial charge in [0, 0.05) is 31.2 Å². The van der Waals surface area contributed by atoms with Gasteiger partial charge in [0.05, 0.1) is 18.0 Å². The molecule has 0 bridgehead atoms. The number of hydrogen-bond acceptors (Lipinski definition) is 7. The highest BCUT2D eigenvalue weighted by molar-refractivity contribution is 7.91. The molecule has 0 radical (unpaired) electrons. The SMILES string of the molecule is CS(=O)(=O)CC(=O)Nc1c2c(nn1-c1ccc(F)cc1)C[C@H](CCOc1cccc(OCC(F)(F)F)c1)NC2=O. The van der Waals surface area contributed by atoms with E-state index in [1.165, 1.54) is 47.1 Å². The first-order valence-corrected chi connectivity index (χ1v) is 13.9. The lowest BCUT2D eigenvalue weighted by molar-refractivity contribution is -0.153. The van der Waals surface area contributed by atoms with Crippen molar-refractivity contribution >= 4 is 27.5 Å². The molecule has 4 rings (SSSR count). The Morgan fingerprint density at radius 1 is 1.15 bits per heavy atom. The number of rotatable bonds is 10. The third-order valence-corrected chi connectivity index (χ3v) is 6.41.